The van der Waals surface area contributed by atoms with Gasteiger partial charge in [-0.05, 0) is 154 Å². The van der Waals surface area contributed by atoms with Crippen LogP contribution in [0.3, 0.4) is 0 Å². The molecule has 1 aliphatic heterocycles. The van der Waals surface area contributed by atoms with Crippen molar-refractivity contribution < 1.29 is 4.74 Å². The van der Waals surface area contributed by atoms with E-state index in [0.717, 1.165) is 76.4 Å². The van der Waals surface area contributed by atoms with Crippen molar-refractivity contribution in [2.24, 2.45) is 76.4 Å². The summed E-state index contributed by atoms with van der Waals surface area (Å²) in [5.41, 5.74) is 0.888. The van der Waals surface area contributed by atoms with Crippen LogP contribution in [0.4, 0.5) is 0 Å². The van der Waals surface area contributed by atoms with Crippen molar-refractivity contribution in [2.75, 3.05) is 0 Å². The molecule has 6 atom stereocenters. The number of hydrogen-bond donors (Lipinski definition) is 0. The predicted molar refractivity (Wildman–Crippen MR) is 238 cm³/mol. The molecule has 0 radical (unpaired) electrons. The standard InChI is InChI=1S/C9H16.2C8H16.C7H14.C6H12O.C6H12.C5H10.2CH4/c1-7-3-9(4-7)5-8(2)6-9;2*1-7-3-5-8(2)6-4-7;1-6-3-4-7(2)5-6;1-5-3-4-6(2)7-5;1-5-3-6(2)4-5;1-4-3-5(4)2;;/h7-8H,3-6H2,1-2H3;2*7-8H,3-6H2,1-2H3;6-7H,3-5H2,1-2H3;5-6H,3-4H2,1-2H3;5-6H,3-4H2,1-2H3;4-5H,3H2,1-2H3;2*1H4. The molecule has 0 aromatic rings. The average Bonchev–Trinajstić information content (AvgIpc) is 3.30. The fraction of sp³-hybridized carbons (Fsp3) is 1.00. The molecule has 7 saturated carbocycles. The van der Waals surface area contributed by atoms with Crippen LogP contribution in [-0.4, -0.2) is 12.2 Å². The summed E-state index contributed by atoms with van der Waals surface area (Å²) in [4.78, 5) is 0. The Bertz CT molecular complexity index is 709. The fourth-order valence-corrected chi connectivity index (χ4v) is 10.3. The zero-order valence-electron chi connectivity index (χ0n) is 37.1. The molecule has 0 aromatic carbocycles. The van der Waals surface area contributed by atoms with Gasteiger partial charge >= 0.3 is 0 Å². The smallest absolute Gasteiger partial charge is 0.0551 e. The number of ether oxygens (including phenoxy) is 1. The highest BCUT2D eigenvalue weighted by Crippen LogP contribution is 2.60. The Balaban J connectivity index is 0.000000584. The van der Waals surface area contributed by atoms with Gasteiger partial charge in [0.1, 0.15) is 0 Å². The maximum atomic E-state index is 5.36. The van der Waals surface area contributed by atoms with Crippen molar-refractivity contribution in [1.29, 1.82) is 0 Å². The first-order chi connectivity index (χ1) is 23.4. The summed E-state index contributed by atoms with van der Waals surface area (Å²) in [5.74, 6) is 12.4. The van der Waals surface area contributed by atoms with Crippen LogP contribution in [0, 0.1) is 76.4 Å². The first-order valence-electron chi connectivity index (χ1n) is 23.1. The third-order valence-corrected chi connectivity index (χ3v) is 14.3. The molecule has 0 amide bonds. The summed E-state index contributed by atoms with van der Waals surface area (Å²) in [6.45, 7) is 32.4. The van der Waals surface area contributed by atoms with Gasteiger partial charge in [-0.15, -0.1) is 0 Å². The van der Waals surface area contributed by atoms with Crippen LogP contribution in [-0.2, 0) is 4.74 Å². The summed E-state index contributed by atoms with van der Waals surface area (Å²) in [6, 6.07) is 0. The molecule has 0 bridgehead atoms. The van der Waals surface area contributed by atoms with Crippen molar-refractivity contribution >= 4 is 0 Å². The quantitative estimate of drug-likeness (QED) is 0.241. The average molecular weight is 733 g/mol. The molecule has 0 aromatic heterocycles. The molecular formula is C51H104O. The van der Waals surface area contributed by atoms with E-state index < -0.39 is 0 Å². The van der Waals surface area contributed by atoms with E-state index >= 15 is 0 Å². The van der Waals surface area contributed by atoms with Crippen LogP contribution in [0.15, 0.2) is 0 Å². The molecule has 1 heteroatoms. The first kappa shape index (κ1) is 52.0. The highest BCUT2D eigenvalue weighted by Gasteiger charge is 2.49. The van der Waals surface area contributed by atoms with Crippen molar-refractivity contribution in [2.45, 2.75) is 252 Å². The van der Waals surface area contributed by atoms with Gasteiger partial charge in [-0.2, -0.15) is 0 Å². The topological polar surface area (TPSA) is 9.23 Å². The number of hydrogen-bond acceptors (Lipinski definition) is 1. The normalized spacial score (nSPS) is 43.3. The minimum atomic E-state index is 0. The SMILES string of the molecule is C.C.CC1CC(C)C1.CC1CC1C.CC1CC2(C1)CC(C)C2.CC1CCC(C)C1.CC1CCC(C)CC1.CC1CCC(C)CC1.CC1CCC(C)O1. The molecule has 1 nitrogen and oxygen atoms in total. The third kappa shape index (κ3) is 23.1. The first-order valence-corrected chi connectivity index (χ1v) is 23.1. The van der Waals surface area contributed by atoms with E-state index in [1.54, 1.807) is 0 Å². The van der Waals surface area contributed by atoms with E-state index in [2.05, 4.69) is 96.9 Å². The van der Waals surface area contributed by atoms with Crippen LogP contribution >= 0.6 is 0 Å². The lowest BCUT2D eigenvalue weighted by atomic mass is 9.49. The maximum absolute atomic E-state index is 5.36. The minimum Gasteiger partial charge on any atom is -0.376 e. The van der Waals surface area contributed by atoms with Gasteiger partial charge in [-0.1, -0.05) is 162 Å². The van der Waals surface area contributed by atoms with Crippen molar-refractivity contribution in [3.63, 3.8) is 0 Å². The van der Waals surface area contributed by atoms with Gasteiger partial charge in [0, 0.05) is 0 Å². The molecule has 6 unspecified atom stereocenters. The van der Waals surface area contributed by atoms with Crippen LogP contribution in [0.25, 0.3) is 0 Å². The van der Waals surface area contributed by atoms with E-state index in [0.29, 0.717) is 12.2 Å². The summed E-state index contributed by atoms with van der Waals surface area (Å²) < 4.78 is 5.36. The van der Waals surface area contributed by atoms with Crippen molar-refractivity contribution in [3.8, 4) is 0 Å². The van der Waals surface area contributed by atoms with Crippen LogP contribution in [0.5, 0.6) is 0 Å². The van der Waals surface area contributed by atoms with Gasteiger partial charge in [0.05, 0.1) is 12.2 Å². The second-order valence-corrected chi connectivity index (χ2v) is 21.5. The molecule has 8 fully saturated rings. The lowest BCUT2D eigenvalue weighted by Crippen LogP contribution is -2.45. The lowest BCUT2D eigenvalue weighted by molar-refractivity contribution is -0.0549. The Kier molecular flexibility index (Phi) is 26.7. The summed E-state index contributed by atoms with van der Waals surface area (Å²) in [7, 11) is 0. The molecule has 1 heterocycles. The summed E-state index contributed by atoms with van der Waals surface area (Å²) in [5, 5.41) is 0. The van der Waals surface area contributed by atoms with E-state index in [4.69, 9.17) is 4.74 Å². The van der Waals surface area contributed by atoms with Crippen LogP contribution in [0.2, 0.25) is 0 Å². The molecule has 52 heavy (non-hydrogen) atoms. The Hall–Kier alpha value is -0.0400. The third-order valence-electron chi connectivity index (χ3n) is 14.3. The zero-order valence-corrected chi connectivity index (χ0v) is 37.1. The van der Waals surface area contributed by atoms with Gasteiger partial charge < -0.3 is 4.74 Å². The van der Waals surface area contributed by atoms with E-state index in [9.17, 15) is 0 Å². The second-order valence-electron chi connectivity index (χ2n) is 21.5. The van der Waals surface area contributed by atoms with Gasteiger partial charge in [-0.3, -0.25) is 0 Å². The second kappa shape index (κ2) is 26.7. The predicted octanol–water partition coefficient (Wildman–Crippen LogP) is 17.5. The maximum Gasteiger partial charge on any atom is 0.0551 e. The number of rotatable bonds is 0. The monoisotopic (exact) mass is 733 g/mol. The van der Waals surface area contributed by atoms with Crippen LogP contribution in [0.1, 0.15) is 240 Å². The molecule has 1 saturated heterocycles. The molecule has 8 aliphatic rings. The molecule has 8 rings (SSSR count). The zero-order chi connectivity index (χ0) is 37.4. The largest absolute Gasteiger partial charge is 0.376 e. The minimum absolute atomic E-state index is 0. The molecule has 1 spiro atoms. The van der Waals surface area contributed by atoms with Gasteiger partial charge in [0.2, 0.25) is 0 Å². The fourth-order valence-electron chi connectivity index (χ4n) is 10.3. The Morgan fingerprint density at radius 3 is 0.635 bits per heavy atom. The van der Waals surface area contributed by atoms with Gasteiger partial charge in [0.15, 0.2) is 0 Å². The Labute approximate surface area is 332 Å². The van der Waals surface area contributed by atoms with Gasteiger partial charge in [0.25, 0.3) is 0 Å². The highest BCUT2D eigenvalue weighted by atomic mass is 16.5. The Morgan fingerprint density at radius 1 is 0.288 bits per heavy atom. The summed E-state index contributed by atoms with van der Waals surface area (Å²) >= 11 is 0. The van der Waals surface area contributed by atoms with E-state index in [1.165, 1.54) is 128 Å². The van der Waals surface area contributed by atoms with Crippen molar-refractivity contribution in [3.05, 3.63) is 0 Å². The van der Waals surface area contributed by atoms with E-state index in [1.807, 2.05) is 0 Å². The van der Waals surface area contributed by atoms with E-state index in [-0.39, 0.29) is 14.9 Å². The van der Waals surface area contributed by atoms with Crippen molar-refractivity contribution in [1.82, 2.24) is 0 Å². The highest BCUT2D eigenvalue weighted by molar-refractivity contribution is 5.00. The Morgan fingerprint density at radius 2 is 0.519 bits per heavy atom. The van der Waals surface area contributed by atoms with Gasteiger partial charge in [-0.25, -0.2) is 0 Å². The molecule has 0 N–H and O–H groups in total. The molecule has 7 aliphatic carbocycles. The lowest BCUT2D eigenvalue weighted by Gasteiger charge is -2.56. The van der Waals surface area contributed by atoms with Crippen LogP contribution < -0.4 is 0 Å². The molecule has 314 valence electrons. The summed E-state index contributed by atoms with van der Waals surface area (Å²) in [6.07, 6.45) is 30.3. The molecular weight excluding hydrogens is 629 g/mol.